The van der Waals surface area contributed by atoms with Crippen LogP contribution < -0.4 is 0 Å². The molecule has 1 rings (SSSR count). The highest BCUT2D eigenvalue weighted by atomic mass is 35.5. The molecule has 1 aliphatic rings. The Morgan fingerprint density at radius 1 is 1.53 bits per heavy atom. The Kier molecular flexibility index (Phi) is 4.01. The minimum Gasteiger partial charge on any atom is -0.113 e. The van der Waals surface area contributed by atoms with Crippen LogP contribution in [0, 0.1) is 0 Å². The van der Waals surface area contributed by atoms with Crippen LogP contribution >= 0.6 is 23.2 Å². The molecule has 80 valence electrons. The van der Waals surface area contributed by atoms with Gasteiger partial charge in [-0.1, -0.05) is 42.5 Å². The van der Waals surface area contributed by atoms with E-state index in [1.165, 1.54) is 0 Å². The van der Waals surface area contributed by atoms with E-state index >= 15 is 0 Å². The first kappa shape index (κ1) is 12.4. The summed E-state index contributed by atoms with van der Waals surface area (Å²) in [6, 6.07) is 0. The van der Waals surface area contributed by atoms with Crippen LogP contribution in [0.25, 0.3) is 0 Å². The maximum atomic E-state index is 6.28. The zero-order valence-electron chi connectivity index (χ0n) is 8.98. The van der Waals surface area contributed by atoms with E-state index in [9.17, 15) is 0 Å². The SMILES string of the molecule is C=C(C)C1=C(/C=C/C)C=C(Cl)C(=C)C1Cl. The molecule has 0 spiro atoms. The summed E-state index contributed by atoms with van der Waals surface area (Å²) in [7, 11) is 0. The maximum Gasteiger partial charge on any atom is 0.0852 e. The molecule has 1 unspecified atom stereocenters. The number of hydrogen-bond donors (Lipinski definition) is 0. The van der Waals surface area contributed by atoms with E-state index in [1.54, 1.807) is 0 Å². The molecule has 1 aliphatic carbocycles. The summed E-state index contributed by atoms with van der Waals surface area (Å²) in [5.74, 6) is 0. The molecule has 0 aromatic rings. The van der Waals surface area contributed by atoms with Crippen molar-refractivity contribution in [2.75, 3.05) is 0 Å². The van der Waals surface area contributed by atoms with E-state index in [4.69, 9.17) is 23.2 Å². The highest BCUT2D eigenvalue weighted by Gasteiger charge is 2.24. The fourth-order valence-electron chi connectivity index (χ4n) is 1.53. The van der Waals surface area contributed by atoms with E-state index in [1.807, 2.05) is 32.1 Å². The molecule has 0 amide bonds. The van der Waals surface area contributed by atoms with Gasteiger partial charge in [0, 0.05) is 5.03 Å². The molecule has 0 aliphatic heterocycles. The monoisotopic (exact) mass is 240 g/mol. The van der Waals surface area contributed by atoms with Crippen molar-refractivity contribution in [3.05, 3.63) is 58.7 Å². The van der Waals surface area contributed by atoms with Crippen LogP contribution in [0.5, 0.6) is 0 Å². The summed E-state index contributed by atoms with van der Waals surface area (Å²) in [4.78, 5) is 0. The molecule has 0 fully saturated rings. The van der Waals surface area contributed by atoms with Crippen molar-refractivity contribution in [1.82, 2.24) is 0 Å². The Labute approximate surface area is 101 Å². The minimum atomic E-state index is -0.272. The summed E-state index contributed by atoms with van der Waals surface area (Å²) < 4.78 is 0. The van der Waals surface area contributed by atoms with Gasteiger partial charge < -0.3 is 0 Å². The average Bonchev–Trinajstić information content (AvgIpc) is 2.14. The second-order valence-electron chi connectivity index (χ2n) is 3.53. The van der Waals surface area contributed by atoms with Gasteiger partial charge in [-0.2, -0.15) is 0 Å². The second-order valence-corrected chi connectivity index (χ2v) is 4.37. The Morgan fingerprint density at radius 3 is 2.60 bits per heavy atom. The molecule has 0 aromatic carbocycles. The van der Waals surface area contributed by atoms with Crippen LogP contribution in [0.1, 0.15) is 13.8 Å². The molecule has 0 saturated carbocycles. The lowest BCUT2D eigenvalue weighted by Crippen LogP contribution is -2.13. The van der Waals surface area contributed by atoms with Gasteiger partial charge >= 0.3 is 0 Å². The minimum absolute atomic E-state index is 0.272. The van der Waals surface area contributed by atoms with Gasteiger partial charge in [-0.25, -0.2) is 0 Å². The lowest BCUT2D eigenvalue weighted by Gasteiger charge is -2.23. The van der Waals surface area contributed by atoms with Crippen molar-refractivity contribution in [2.24, 2.45) is 0 Å². The smallest absolute Gasteiger partial charge is 0.0852 e. The number of hydrogen-bond acceptors (Lipinski definition) is 0. The predicted molar refractivity (Wildman–Crippen MR) is 69.4 cm³/mol. The number of halogens is 2. The van der Waals surface area contributed by atoms with Crippen LogP contribution in [-0.4, -0.2) is 5.38 Å². The second kappa shape index (κ2) is 4.87. The van der Waals surface area contributed by atoms with Crippen molar-refractivity contribution in [3.63, 3.8) is 0 Å². The van der Waals surface area contributed by atoms with Gasteiger partial charge in [0.25, 0.3) is 0 Å². The third-order valence-corrected chi connectivity index (χ3v) is 3.10. The maximum absolute atomic E-state index is 6.28. The van der Waals surface area contributed by atoms with Crippen molar-refractivity contribution in [2.45, 2.75) is 19.2 Å². The average molecular weight is 241 g/mol. The van der Waals surface area contributed by atoms with Crippen molar-refractivity contribution >= 4 is 23.2 Å². The molecular weight excluding hydrogens is 227 g/mol. The van der Waals surface area contributed by atoms with Crippen LogP contribution in [-0.2, 0) is 0 Å². The predicted octanol–water partition coefficient (Wildman–Crippen LogP) is 4.74. The van der Waals surface area contributed by atoms with E-state index in [0.717, 1.165) is 22.3 Å². The lowest BCUT2D eigenvalue weighted by atomic mass is 9.89. The molecule has 0 N–H and O–H groups in total. The summed E-state index contributed by atoms with van der Waals surface area (Å²) in [6.45, 7) is 11.7. The summed E-state index contributed by atoms with van der Waals surface area (Å²) in [6.07, 6.45) is 5.82. The van der Waals surface area contributed by atoms with Crippen LogP contribution in [0.3, 0.4) is 0 Å². The Balaban J connectivity index is 3.35. The third kappa shape index (κ3) is 2.45. The lowest BCUT2D eigenvalue weighted by molar-refractivity contribution is 1.12. The molecule has 0 aromatic heterocycles. The zero-order valence-corrected chi connectivity index (χ0v) is 10.5. The molecule has 15 heavy (non-hydrogen) atoms. The largest absolute Gasteiger partial charge is 0.113 e. The quantitative estimate of drug-likeness (QED) is 0.613. The molecule has 0 bridgehead atoms. The molecule has 2 heteroatoms. The summed E-state index contributed by atoms with van der Waals surface area (Å²) >= 11 is 12.3. The van der Waals surface area contributed by atoms with Crippen molar-refractivity contribution in [3.8, 4) is 0 Å². The van der Waals surface area contributed by atoms with Gasteiger partial charge in [-0.3, -0.25) is 0 Å². The highest BCUT2D eigenvalue weighted by molar-refractivity contribution is 6.35. The highest BCUT2D eigenvalue weighted by Crippen LogP contribution is 2.37. The van der Waals surface area contributed by atoms with Gasteiger partial charge in [0.05, 0.1) is 5.38 Å². The van der Waals surface area contributed by atoms with Crippen molar-refractivity contribution in [1.29, 1.82) is 0 Å². The van der Waals surface area contributed by atoms with E-state index < -0.39 is 0 Å². The normalized spacial score (nSPS) is 22.3. The van der Waals surface area contributed by atoms with Crippen LogP contribution in [0.4, 0.5) is 0 Å². The Hall–Kier alpha value is -0.720. The molecular formula is C13H14Cl2. The van der Waals surface area contributed by atoms with Gasteiger partial charge in [-0.05, 0) is 36.6 Å². The van der Waals surface area contributed by atoms with Gasteiger partial charge in [0.1, 0.15) is 0 Å². The van der Waals surface area contributed by atoms with Gasteiger partial charge in [0.2, 0.25) is 0 Å². The standard InChI is InChI=1S/C13H14Cl2/c1-5-6-10-7-11(14)9(4)13(15)12(10)8(2)3/h5-7,13H,2,4H2,1,3H3/b6-5+. The Bertz CT molecular complexity index is 395. The van der Waals surface area contributed by atoms with E-state index in [2.05, 4.69) is 13.2 Å². The Morgan fingerprint density at radius 2 is 2.13 bits per heavy atom. The molecule has 0 saturated heterocycles. The first-order chi connectivity index (χ1) is 6.99. The fourth-order valence-corrected chi connectivity index (χ4v) is 2.24. The first-order valence-corrected chi connectivity index (χ1v) is 5.53. The zero-order chi connectivity index (χ0) is 11.6. The van der Waals surface area contributed by atoms with Gasteiger partial charge in [-0.15, -0.1) is 11.6 Å². The molecule has 0 radical (unpaired) electrons. The topological polar surface area (TPSA) is 0 Å². The number of alkyl halides is 1. The summed E-state index contributed by atoms with van der Waals surface area (Å²) in [5, 5.41) is 0.347. The first-order valence-electron chi connectivity index (χ1n) is 4.72. The molecule has 1 atom stereocenters. The van der Waals surface area contributed by atoms with E-state index in [-0.39, 0.29) is 5.38 Å². The third-order valence-electron chi connectivity index (χ3n) is 2.27. The molecule has 0 heterocycles. The van der Waals surface area contributed by atoms with Crippen LogP contribution in [0.2, 0.25) is 0 Å². The number of allylic oxidation sites excluding steroid dienone is 8. The summed E-state index contributed by atoms with van der Waals surface area (Å²) in [5.41, 5.74) is 3.71. The van der Waals surface area contributed by atoms with Crippen molar-refractivity contribution < 1.29 is 0 Å². The van der Waals surface area contributed by atoms with E-state index in [0.29, 0.717) is 5.03 Å². The van der Waals surface area contributed by atoms with Gasteiger partial charge in [0.15, 0.2) is 0 Å². The fraction of sp³-hybridized carbons (Fsp3) is 0.231. The van der Waals surface area contributed by atoms with Crippen LogP contribution in [0.15, 0.2) is 58.7 Å². The number of rotatable bonds is 2. The molecule has 0 nitrogen and oxygen atoms in total.